The molecule has 1 aromatic carbocycles. The second-order valence-corrected chi connectivity index (χ2v) is 4.02. The third kappa shape index (κ3) is 2.02. The Bertz CT molecular complexity index is 387. The molecule has 0 spiro atoms. The van der Waals surface area contributed by atoms with Gasteiger partial charge in [-0.2, -0.15) is 0 Å². The fourth-order valence-electron chi connectivity index (χ4n) is 1.81. The van der Waals surface area contributed by atoms with Crippen LogP contribution in [0.15, 0.2) is 18.2 Å². The van der Waals surface area contributed by atoms with Crippen LogP contribution in [-0.2, 0) is 4.79 Å². The lowest BCUT2D eigenvalue weighted by Crippen LogP contribution is -2.47. The molecule has 1 aromatic rings. The van der Waals surface area contributed by atoms with Crippen LogP contribution in [0.25, 0.3) is 0 Å². The first-order chi connectivity index (χ1) is 7.18. The smallest absolute Gasteiger partial charge is 0.241 e. The van der Waals surface area contributed by atoms with Gasteiger partial charge in [-0.3, -0.25) is 4.79 Å². The van der Waals surface area contributed by atoms with Gasteiger partial charge in [0.15, 0.2) is 0 Å². The quantitative estimate of drug-likeness (QED) is 0.718. The molecule has 1 aliphatic rings. The average Bonchev–Trinajstić information content (AvgIpc) is 2.23. The number of piperazine rings is 1. The molecule has 0 saturated carbocycles. The second kappa shape index (κ2) is 4.03. The first-order valence-electron chi connectivity index (χ1n) is 5.27. The van der Waals surface area contributed by atoms with Gasteiger partial charge in [-0.05, 0) is 30.5 Å². The van der Waals surface area contributed by atoms with Gasteiger partial charge in [-0.15, -0.1) is 0 Å². The highest BCUT2D eigenvalue weighted by atomic mass is 16.2. The standard InChI is InChI=1S/C12H16N2O/c1-8-3-4-10(7-9(8)2)11-12(15)14-6-5-13-11/h3-4,7,11,13H,5-6H2,1-2H3,(H,14,15). The lowest BCUT2D eigenvalue weighted by molar-refractivity contribution is -0.124. The molecule has 0 aliphatic carbocycles. The number of benzene rings is 1. The minimum Gasteiger partial charge on any atom is -0.353 e. The van der Waals surface area contributed by atoms with Gasteiger partial charge >= 0.3 is 0 Å². The van der Waals surface area contributed by atoms with Crippen LogP contribution >= 0.6 is 0 Å². The number of hydrogen-bond donors (Lipinski definition) is 2. The van der Waals surface area contributed by atoms with E-state index >= 15 is 0 Å². The predicted molar refractivity (Wildman–Crippen MR) is 59.7 cm³/mol. The van der Waals surface area contributed by atoms with E-state index in [1.807, 2.05) is 6.07 Å². The number of hydrogen-bond acceptors (Lipinski definition) is 2. The Kier molecular flexibility index (Phi) is 2.73. The van der Waals surface area contributed by atoms with Crippen molar-refractivity contribution >= 4 is 5.91 Å². The zero-order valence-electron chi connectivity index (χ0n) is 9.13. The van der Waals surface area contributed by atoms with Gasteiger partial charge in [-0.25, -0.2) is 0 Å². The molecule has 15 heavy (non-hydrogen) atoms. The summed E-state index contributed by atoms with van der Waals surface area (Å²) in [5.74, 6) is 0.0736. The number of carbonyl (C=O) groups excluding carboxylic acids is 1. The Hall–Kier alpha value is -1.35. The van der Waals surface area contributed by atoms with E-state index in [4.69, 9.17) is 0 Å². The normalized spacial score (nSPS) is 21.2. The summed E-state index contributed by atoms with van der Waals surface area (Å²) in [6.07, 6.45) is 0. The fourth-order valence-corrected chi connectivity index (χ4v) is 1.81. The van der Waals surface area contributed by atoms with E-state index < -0.39 is 0 Å². The molecular formula is C12H16N2O. The molecule has 0 aromatic heterocycles. The summed E-state index contributed by atoms with van der Waals surface area (Å²) >= 11 is 0. The zero-order valence-corrected chi connectivity index (χ0v) is 9.13. The highest BCUT2D eigenvalue weighted by molar-refractivity contribution is 5.83. The number of nitrogens with one attached hydrogen (secondary N) is 2. The molecule has 1 fully saturated rings. The highest BCUT2D eigenvalue weighted by Gasteiger charge is 2.22. The van der Waals surface area contributed by atoms with Gasteiger partial charge < -0.3 is 10.6 Å². The van der Waals surface area contributed by atoms with Crippen molar-refractivity contribution < 1.29 is 4.79 Å². The van der Waals surface area contributed by atoms with Crippen molar-refractivity contribution in [1.82, 2.24) is 10.6 Å². The Morgan fingerprint density at radius 1 is 1.20 bits per heavy atom. The molecule has 1 amide bonds. The van der Waals surface area contributed by atoms with Crippen LogP contribution in [0.1, 0.15) is 22.7 Å². The van der Waals surface area contributed by atoms with Gasteiger partial charge in [0.1, 0.15) is 6.04 Å². The number of rotatable bonds is 1. The van der Waals surface area contributed by atoms with Crippen LogP contribution in [0.5, 0.6) is 0 Å². The molecule has 0 radical (unpaired) electrons. The zero-order chi connectivity index (χ0) is 10.8. The summed E-state index contributed by atoms with van der Waals surface area (Å²) in [6.45, 7) is 5.70. The summed E-state index contributed by atoms with van der Waals surface area (Å²) in [5.41, 5.74) is 3.54. The molecule has 2 N–H and O–H groups in total. The summed E-state index contributed by atoms with van der Waals surface area (Å²) in [7, 11) is 0. The first-order valence-corrected chi connectivity index (χ1v) is 5.27. The van der Waals surface area contributed by atoms with Crippen molar-refractivity contribution in [3.63, 3.8) is 0 Å². The van der Waals surface area contributed by atoms with E-state index in [-0.39, 0.29) is 11.9 Å². The third-order valence-corrected chi connectivity index (χ3v) is 2.90. The van der Waals surface area contributed by atoms with Gasteiger partial charge in [0.05, 0.1) is 0 Å². The van der Waals surface area contributed by atoms with Crippen molar-refractivity contribution in [3.05, 3.63) is 34.9 Å². The van der Waals surface area contributed by atoms with Gasteiger partial charge in [0.25, 0.3) is 0 Å². The maximum atomic E-state index is 11.6. The van der Waals surface area contributed by atoms with Crippen LogP contribution in [-0.4, -0.2) is 19.0 Å². The van der Waals surface area contributed by atoms with Gasteiger partial charge in [0.2, 0.25) is 5.91 Å². The lowest BCUT2D eigenvalue weighted by atomic mass is 9.99. The molecule has 3 nitrogen and oxygen atoms in total. The minimum atomic E-state index is -0.182. The van der Waals surface area contributed by atoms with Gasteiger partial charge in [0, 0.05) is 13.1 Å². The Morgan fingerprint density at radius 3 is 2.67 bits per heavy atom. The van der Waals surface area contributed by atoms with Crippen LogP contribution in [0.4, 0.5) is 0 Å². The number of amides is 1. The maximum Gasteiger partial charge on any atom is 0.241 e. The molecule has 1 atom stereocenters. The fraction of sp³-hybridized carbons (Fsp3) is 0.417. The monoisotopic (exact) mass is 204 g/mol. The molecule has 2 rings (SSSR count). The van der Waals surface area contributed by atoms with E-state index in [2.05, 4.69) is 36.6 Å². The van der Waals surface area contributed by atoms with Crippen LogP contribution in [0.2, 0.25) is 0 Å². The molecule has 1 unspecified atom stereocenters. The Labute approximate surface area is 89.9 Å². The van der Waals surface area contributed by atoms with Crippen LogP contribution in [0, 0.1) is 13.8 Å². The predicted octanol–water partition coefficient (Wildman–Crippen LogP) is 1.06. The molecule has 80 valence electrons. The van der Waals surface area contributed by atoms with E-state index in [9.17, 15) is 4.79 Å². The Balaban J connectivity index is 2.28. The molecule has 3 heteroatoms. The molecule has 1 aliphatic heterocycles. The highest BCUT2D eigenvalue weighted by Crippen LogP contribution is 2.18. The van der Waals surface area contributed by atoms with Crippen molar-refractivity contribution in [2.45, 2.75) is 19.9 Å². The SMILES string of the molecule is Cc1ccc(C2NCCNC2=O)cc1C. The van der Waals surface area contributed by atoms with Crippen molar-refractivity contribution in [3.8, 4) is 0 Å². The largest absolute Gasteiger partial charge is 0.353 e. The van der Waals surface area contributed by atoms with E-state index in [0.717, 1.165) is 18.7 Å². The average molecular weight is 204 g/mol. The van der Waals surface area contributed by atoms with E-state index in [0.29, 0.717) is 0 Å². The second-order valence-electron chi connectivity index (χ2n) is 4.02. The van der Waals surface area contributed by atoms with Crippen molar-refractivity contribution in [1.29, 1.82) is 0 Å². The molecule has 1 saturated heterocycles. The van der Waals surface area contributed by atoms with Crippen molar-refractivity contribution in [2.24, 2.45) is 0 Å². The summed E-state index contributed by atoms with van der Waals surface area (Å²) in [4.78, 5) is 11.6. The number of carbonyl (C=O) groups is 1. The molecule has 0 bridgehead atoms. The maximum absolute atomic E-state index is 11.6. The molecular weight excluding hydrogens is 188 g/mol. The van der Waals surface area contributed by atoms with E-state index in [1.165, 1.54) is 11.1 Å². The number of aryl methyl sites for hydroxylation is 2. The summed E-state index contributed by atoms with van der Waals surface area (Å²) in [6, 6.07) is 5.98. The minimum absolute atomic E-state index is 0.0736. The summed E-state index contributed by atoms with van der Waals surface area (Å²) in [5, 5.41) is 6.08. The summed E-state index contributed by atoms with van der Waals surface area (Å²) < 4.78 is 0. The van der Waals surface area contributed by atoms with Crippen LogP contribution < -0.4 is 10.6 Å². The first kappa shape index (κ1) is 10.2. The third-order valence-electron chi connectivity index (χ3n) is 2.90. The van der Waals surface area contributed by atoms with Crippen LogP contribution in [0.3, 0.4) is 0 Å². The Morgan fingerprint density at radius 2 is 2.00 bits per heavy atom. The molecule has 1 heterocycles. The van der Waals surface area contributed by atoms with Gasteiger partial charge in [-0.1, -0.05) is 18.2 Å². The van der Waals surface area contributed by atoms with E-state index in [1.54, 1.807) is 0 Å². The lowest BCUT2D eigenvalue weighted by Gasteiger charge is -2.24. The van der Waals surface area contributed by atoms with Crippen molar-refractivity contribution in [2.75, 3.05) is 13.1 Å². The topological polar surface area (TPSA) is 41.1 Å².